The van der Waals surface area contributed by atoms with Crippen LogP contribution in [0.4, 0.5) is 22.7 Å². The number of rotatable bonds is 4. The number of nitrogens with one attached hydrogen (secondary N) is 3. The number of carbonyl (C=O) groups excluding carboxylic acids is 2. The van der Waals surface area contributed by atoms with Gasteiger partial charge in [0.25, 0.3) is 0 Å². The van der Waals surface area contributed by atoms with Gasteiger partial charge in [-0.3, -0.25) is 9.59 Å². The molecule has 0 saturated heterocycles. The Morgan fingerprint density at radius 1 is 0.741 bits per heavy atom. The first kappa shape index (κ1) is 18.0. The van der Waals surface area contributed by atoms with Gasteiger partial charge in [0.1, 0.15) is 5.75 Å². The number of aromatic hydroxyl groups is 1. The first-order chi connectivity index (χ1) is 13.0. The Morgan fingerprint density at radius 3 is 2.00 bits per heavy atom. The number of hydrogen-bond acceptors (Lipinski definition) is 4. The van der Waals surface area contributed by atoms with Crippen LogP contribution in [0.5, 0.6) is 5.75 Å². The molecule has 0 spiro atoms. The van der Waals surface area contributed by atoms with E-state index in [9.17, 15) is 14.7 Å². The molecule has 27 heavy (non-hydrogen) atoms. The summed E-state index contributed by atoms with van der Waals surface area (Å²) in [4.78, 5) is 24.1. The van der Waals surface area contributed by atoms with Crippen molar-refractivity contribution in [1.29, 1.82) is 0 Å². The first-order valence-electron chi connectivity index (χ1n) is 8.35. The van der Waals surface area contributed by atoms with Crippen molar-refractivity contribution >= 4 is 34.6 Å². The number of carbonyl (C=O) groups is 2. The van der Waals surface area contributed by atoms with E-state index in [0.717, 1.165) is 16.9 Å². The number of hydrogen-bond donors (Lipinski definition) is 4. The highest BCUT2D eigenvalue weighted by atomic mass is 16.3. The van der Waals surface area contributed by atoms with E-state index in [1.807, 2.05) is 37.3 Å². The zero-order valence-corrected chi connectivity index (χ0v) is 14.7. The van der Waals surface area contributed by atoms with Gasteiger partial charge in [-0.15, -0.1) is 0 Å². The van der Waals surface area contributed by atoms with Gasteiger partial charge in [-0.1, -0.05) is 24.3 Å². The molecular formula is C21H19N3O3. The number of amides is 2. The van der Waals surface area contributed by atoms with Crippen molar-refractivity contribution in [2.24, 2.45) is 0 Å². The summed E-state index contributed by atoms with van der Waals surface area (Å²) in [6.07, 6.45) is 0. The van der Waals surface area contributed by atoms with Crippen molar-refractivity contribution in [1.82, 2.24) is 0 Å². The van der Waals surface area contributed by atoms with Crippen molar-refractivity contribution in [3.05, 3.63) is 78.4 Å². The Kier molecular flexibility index (Phi) is 5.37. The lowest BCUT2D eigenvalue weighted by Crippen LogP contribution is -2.29. The van der Waals surface area contributed by atoms with E-state index in [2.05, 4.69) is 16.0 Å². The van der Waals surface area contributed by atoms with Gasteiger partial charge in [-0.2, -0.15) is 0 Å². The molecule has 0 aliphatic heterocycles. The normalized spacial score (nSPS) is 10.1. The van der Waals surface area contributed by atoms with Gasteiger partial charge in [-0.25, -0.2) is 0 Å². The maximum absolute atomic E-state index is 12.1. The average molecular weight is 361 g/mol. The summed E-state index contributed by atoms with van der Waals surface area (Å²) in [5.74, 6) is -1.77. The molecule has 0 aliphatic rings. The molecular weight excluding hydrogens is 342 g/mol. The second-order valence-electron chi connectivity index (χ2n) is 6.00. The van der Waals surface area contributed by atoms with E-state index in [0.29, 0.717) is 5.69 Å². The van der Waals surface area contributed by atoms with Crippen molar-refractivity contribution in [3.8, 4) is 5.75 Å². The maximum atomic E-state index is 12.1. The van der Waals surface area contributed by atoms with Crippen LogP contribution < -0.4 is 16.0 Å². The molecule has 0 radical (unpaired) electrons. The third-order valence-corrected chi connectivity index (χ3v) is 3.81. The van der Waals surface area contributed by atoms with Crippen molar-refractivity contribution in [2.45, 2.75) is 6.92 Å². The lowest BCUT2D eigenvalue weighted by Gasteiger charge is -2.10. The summed E-state index contributed by atoms with van der Waals surface area (Å²) >= 11 is 0. The van der Waals surface area contributed by atoms with Crippen LogP contribution in [0.3, 0.4) is 0 Å². The van der Waals surface area contributed by atoms with Gasteiger partial charge in [-0.05, 0) is 61.0 Å². The van der Waals surface area contributed by atoms with Crippen LogP contribution in [0.1, 0.15) is 5.56 Å². The highest BCUT2D eigenvalue weighted by molar-refractivity contribution is 6.43. The largest absolute Gasteiger partial charge is 0.506 e. The molecule has 4 N–H and O–H groups in total. The highest BCUT2D eigenvalue weighted by Gasteiger charge is 2.15. The highest BCUT2D eigenvalue weighted by Crippen LogP contribution is 2.24. The van der Waals surface area contributed by atoms with Crippen LogP contribution in [0.25, 0.3) is 0 Å². The summed E-state index contributed by atoms with van der Waals surface area (Å²) in [5.41, 5.74) is 3.32. The molecule has 0 atom stereocenters. The molecule has 136 valence electrons. The number of aryl methyl sites for hydroxylation is 1. The number of phenolic OH excluding ortho intramolecular Hbond substituents is 1. The fourth-order valence-electron chi connectivity index (χ4n) is 2.44. The van der Waals surface area contributed by atoms with E-state index < -0.39 is 11.8 Å². The molecule has 3 rings (SSSR count). The molecule has 3 aromatic carbocycles. The molecule has 6 nitrogen and oxygen atoms in total. The molecule has 6 heteroatoms. The topological polar surface area (TPSA) is 90.5 Å². The van der Waals surface area contributed by atoms with E-state index in [4.69, 9.17) is 0 Å². The fourth-order valence-corrected chi connectivity index (χ4v) is 2.44. The third kappa shape index (κ3) is 4.85. The summed E-state index contributed by atoms with van der Waals surface area (Å²) in [6.45, 7) is 1.81. The Bertz CT molecular complexity index is 954. The minimum Gasteiger partial charge on any atom is -0.506 e. The number of anilines is 4. The van der Waals surface area contributed by atoms with Crippen molar-refractivity contribution in [3.63, 3.8) is 0 Å². The van der Waals surface area contributed by atoms with Gasteiger partial charge in [0.2, 0.25) is 0 Å². The molecule has 0 aromatic heterocycles. The smallest absolute Gasteiger partial charge is 0.314 e. The minimum absolute atomic E-state index is 0.0903. The molecule has 0 fully saturated rings. The zero-order valence-electron chi connectivity index (χ0n) is 14.7. The number of para-hydroxylation sites is 1. The second kappa shape index (κ2) is 8.05. The lowest BCUT2D eigenvalue weighted by molar-refractivity contribution is -0.133. The van der Waals surface area contributed by atoms with Crippen LogP contribution in [-0.4, -0.2) is 16.9 Å². The number of phenols is 1. The van der Waals surface area contributed by atoms with E-state index in [1.165, 1.54) is 6.07 Å². The maximum Gasteiger partial charge on any atom is 0.314 e. The molecule has 0 heterocycles. The van der Waals surface area contributed by atoms with Crippen LogP contribution in [-0.2, 0) is 9.59 Å². The van der Waals surface area contributed by atoms with Gasteiger partial charge >= 0.3 is 11.8 Å². The summed E-state index contributed by atoms with van der Waals surface area (Å²) in [5, 5.41) is 18.0. The second-order valence-corrected chi connectivity index (χ2v) is 6.00. The standard InChI is InChI=1S/C21H19N3O3/c1-14-7-12-18(19(25)13-14)24-21(27)20(26)23-17-10-8-16(9-11-17)22-15-5-3-2-4-6-15/h2-13,22,25H,1H3,(H,23,26)(H,24,27). The van der Waals surface area contributed by atoms with Crippen LogP contribution in [0, 0.1) is 6.92 Å². The number of benzene rings is 3. The van der Waals surface area contributed by atoms with E-state index in [1.54, 1.807) is 36.4 Å². The van der Waals surface area contributed by atoms with E-state index >= 15 is 0 Å². The predicted molar refractivity (Wildman–Crippen MR) is 106 cm³/mol. The Balaban J connectivity index is 1.59. The first-order valence-corrected chi connectivity index (χ1v) is 8.35. The van der Waals surface area contributed by atoms with Crippen LogP contribution in [0.2, 0.25) is 0 Å². The predicted octanol–water partition coefficient (Wildman–Crippen LogP) is 4.02. The minimum atomic E-state index is -0.861. The molecule has 0 aliphatic carbocycles. The van der Waals surface area contributed by atoms with Gasteiger partial charge in [0, 0.05) is 17.1 Å². The SMILES string of the molecule is Cc1ccc(NC(=O)C(=O)Nc2ccc(Nc3ccccc3)cc2)c(O)c1. The van der Waals surface area contributed by atoms with Gasteiger partial charge < -0.3 is 21.1 Å². The molecule has 0 bridgehead atoms. The van der Waals surface area contributed by atoms with E-state index in [-0.39, 0.29) is 11.4 Å². The molecule has 0 unspecified atom stereocenters. The summed E-state index contributed by atoms with van der Waals surface area (Å²) in [7, 11) is 0. The van der Waals surface area contributed by atoms with Crippen LogP contribution in [0.15, 0.2) is 72.8 Å². The van der Waals surface area contributed by atoms with Crippen molar-refractivity contribution < 1.29 is 14.7 Å². The Hall–Kier alpha value is -3.80. The molecule has 3 aromatic rings. The molecule has 2 amide bonds. The van der Waals surface area contributed by atoms with Crippen LogP contribution >= 0.6 is 0 Å². The quantitative estimate of drug-likeness (QED) is 0.417. The molecule has 0 saturated carbocycles. The summed E-state index contributed by atoms with van der Waals surface area (Å²) in [6, 6.07) is 21.4. The monoisotopic (exact) mass is 361 g/mol. The Morgan fingerprint density at radius 2 is 1.33 bits per heavy atom. The third-order valence-electron chi connectivity index (χ3n) is 3.81. The van der Waals surface area contributed by atoms with Gasteiger partial charge in [0.15, 0.2) is 0 Å². The fraction of sp³-hybridized carbons (Fsp3) is 0.0476. The zero-order chi connectivity index (χ0) is 19.2. The summed E-state index contributed by atoms with van der Waals surface area (Å²) < 4.78 is 0. The average Bonchev–Trinajstić information content (AvgIpc) is 2.66. The van der Waals surface area contributed by atoms with Gasteiger partial charge in [0.05, 0.1) is 5.69 Å². The Labute approximate surface area is 156 Å². The lowest BCUT2D eigenvalue weighted by atomic mass is 10.2. The van der Waals surface area contributed by atoms with Crippen molar-refractivity contribution in [2.75, 3.05) is 16.0 Å².